The van der Waals surface area contributed by atoms with Crippen molar-refractivity contribution < 1.29 is 9.53 Å². The summed E-state index contributed by atoms with van der Waals surface area (Å²) in [5.41, 5.74) is 5.48. The second-order valence-electron chi connectivity index (χ2n) is 5.62. The molecule has 2 rings (SSSR count). The van der Waals surface area contributed by atoms with Gasteiger partial charge in [-0.1, -0.05) is 0 Å². The molecule has 4 heteroatoms. The van der Waals surface area contributed by atoms with Crippen molar-refractivity contribution in [2.75, 3.05) is 13.1 Å². The summed E-state index contributed by atoms with van der Waals surface area (Å²) in [6.45, 7) is 7.24. The molecule has 0 radical (unpaired) electrons. The molecule has 0 aromatic rings. The van der Waals surface area contributed by atoms with Crippen molar-refractivity contribution in [3.63, 3.8) is 0 Å². The van der Waals surface area contributed by atoms with Gasteiger partial charge >= 0.3 is 6.09 Å². The Morgan fingerprint density at radius 3 is 2.60 bits per heavy atom. The highest BCUT2D eigenvalue weighted by molar-refractivity contribution is 5.68. The van der Waals surface area contributed by atoms with Crippen LogP contribution in [0.3, 0.4) is 0 Å². The van der Waals surface area contributed by atoms with Gasteiger partial charge in [-0.2, -0.15) is 0 Å². The Morgan fingerprint density at radius 1 is 1.40 bits per heavy atom. The minimum absolute atomic E-state index is 0.194. The Morgan fingerprint density at radius 2 is 2.07 bits per heavy atom. The number of amides is 1. The first-order chi connectivity index (χ1) is 6.88. The summed E-state index contributed by atoms with van der Waals surface area (Å²) in [7, 11) is 0. The number of likely N-dealkylation sites (tertiary alicyclic amines) is 1. The lowest BCUT2D eigenvalue weighted by Crippen LogP contribution is -2.40. The summed E-state index contributed by atoms with van der Waals surface area (Å²) >= 11 is 0. The van der Waals surface area contributed by atoms with Crippen LogP contribution in [0.1, 0.15) is 27.2 Å². The Labute approximate surface area is 90.8 Å². The van der Waals surface area contributed by atoms with Crippen LogP contribution in [0.15, 0.2) is 0 Å². The summed E-state index contributed by atoms with van der Waals surface area (Å²) in [5, 5.41) is 0. The lowest BCUT2D eigenvalue weighted by molar-refractivity contribution is 0.0207. The van der Waals surface area contributed by atoms with Crippen molar-refractivity contribution in [3.8, 4) is 0 Å². The summed E-state index contributed by atoms with van der Waals surface area (Å²) in [6.07, 6.45) is 0.838. The standard InChI is InChI=1S/C11H20N2O2/c1-11(2,3)15-10(14)13-5-4-7-8(6-13)9(7)12/h7-9H,4-6,12H2,1-3H3/t7-,8+,9+/m0/s1. The van der Waals surface area contributed by atoms with Gasteiger partial charge in [-0.15, -0.1) is 0 Å². The third kappa shape index (κ3) is 2.25. The van der Waals surface area contributed by atoms with Crippen LogP contribution in [0.5, 0.6) is 0 Å². The van der Waals surface area contributed by atoms with E-state index in [1.165, 1.54) is 0 Å². The smallest absolute Gasteiger partial charge is 0.410 e. The second kappa shape index (κ2) is 3.37. The molecule has 2 fully saturated rings. The lowest BCUT2D eigenvalue weighted by atomic mass is 10.1. The number of piperidine rings is 1. The fourth-order valence-electron chi connectivity index (χ4n) is 2.28. The summed E-state index contributed by atoms with van der Waals surface area (Å²) in [4.78, 5) is 13.5. The Bertz CT molecular complexity index is 272. The fourth-order valence-corrected chi connectivity index (χ4v) is 2.28. The Balaban J connectivity index is 1.87. The van der Waals surface area contributed by atoms with E-state index in [1.807, 2.05) is 20.8 Å². The van der Waals surface area contributed by atoms with Crippen LogP contribution in [0.4, 0.5) is 4.79 Å². The minimum atomic E-state index is -0.403. The van der Waals surface area contributed by atoms with E-state index in [4.69, 9.17) is 10.5 Å². The lowest BCUT2D eigenvalue weighted by Gasteiger charge is -2.29. The van der Waals surface area contributed by atoms with Crippen molar-refractivity contribution >= 4 is 6.09 Å². The third-order valence-corrected chi connectivity index (χ3v) is 3.21. The summed E-state index contributed by atoms with van der Waals surface area (Å²) in [5.74, 6) is 1.18. The summed E-state index contributed by atoms with van der Waals surface area (Å²) in [6, 6.07) is 0.317. The molecule has 0 aromatic heterocycles. The van der Waals surface area contributed by atoms with Gasteiger partial charge < -0.3 is 15.4 Å². The summed E-state index contributed by atoms with van der Waals surface area (Å²) < 4.78 is 5.33. The first kappa shape index (κ1) is 10.7. The van der Waals surface area contributed by atoms with E-state index in [0.29, 0.717) is 17.9 Å². The number of rotatable bonds is 0. The van der Waals surface area contributed by atoms with Gasteiger partial charge in [0.15, 0.2) is 0 Å². The van der Waals surface area contributed by atoms with Gasteiger partial charge in [-0.05, 0) is 39.0 Å². The average molecular weight is 212 g/mol. The van der Waals surface area contributed by atoms with Crippen molar-refractivity contribution in [1.29, 1.82) is 0 Å². The highest BCUT2D eigenvalue weighted by atomic mass is 16.6. The normalized spacial score (nSPS) is 34.7. The van der Waals surface area contributed by atoms with Crippen LogP contribution in [-0.2, 0) is 4.74 Å². The molecule has 0 aromatic carbocycles. The largest absolute Gasteiger partial charge is 0.444 e. The van der Waals surface area contributed by atoms with Gasteiger partial charge in [-0.3, -0.25) is 0 Å². The number of hydrogen-bond acceptors (Lipinski definition) is 3. The molecule has 1 aliphatic heterocycles. The zero-order valence-corrected chi connectivity index (χ0v) is 9.69. The molecule has 1 saturated carbocycles. The van der Waals surface area contributed by atoms with E-state index in [-0.39, 0.29) is 6.09 Å². The second-order valence-corrected chi connectivity index (χ2v) is 5.62. The first-order valence-corrected chi connectivity index (χ1v) is 5.62. The van der Waals surface area contributed by atoms with E-state index >= 15 is 0 Å². The number of carbonyl (C=O) groups is 1. The zero-order chi connectivity index (χ0) is 11.2. The number of fused-ring (bicyclic) bond motifs is 1. The highest BCUT2D eigenvalue weighted by Gasteiger charge is 2.51. The fraction of sp³-hybridized carbons (Fsp3) is 0.909. The maximum absolute atomic E-state index is 11.7. The average Bonchev–Trinajstić information content (AvgIpc) is 2.74. The molecule has 0 spiro atoms. The molecule has 1 saturated heterocycles. The molecule has 4 nitrogen and oxygen atoms in total. The van der Waals surface area contributed by atoms with E-state index in [0.717, 1.165) is 19.5 Å². The minimum Gasteiger partial charge on any atom is -0.444 e. The molecule has 1 heterocycles. The maximum atomic E-state index is 11.7. The van der Waals surface area contributed by atoms with E-state index < -0.39 is 5.60 Å². The van der Waals surface area contributed by atoms with Crippen LogP contribution >= 0.6 is 0 Å². The molecule has 3 atom stereocenters. The highest BCUT2D eigenvalue weighted by Crippen LogP contribution is 2.43. The van der Waals surface area contributed by atoms with Crippen LogP contribution in [0.25, 0.3) is 0 Å². The van der Waals surface area contributed by atoms with Gasteiger partial charge in [0.1, 0.15) is 5.60 Å². The van der Waals surface area contributed by atoms with Crippen molar-refractivity contribution in [2.45, 2.75) is 38.8 Å². The van der Waals surface area contributed by atoms with E-state index in [1.54, 1.807) is 4.90 Å². The molecular formula is C11H20N2O2. The quantitative estimate of drug-likeness (QED) is 0.656. The third-order valence-electron chi connectivity index (χ3n) is 3.21. The van der Waals surface area contributed by atoms with Gasteiger partial charge in [0.05, 0.1) is 0 Å². The predicted molar refractivity (Wildman–Crippen MR) is 57.4 cm³/mol. The predicted octanol–water partition coefficient (Wildman–Crippen LogP) is 1.20. The topological polar surface area (TPSA) is 55.6 Å². The monoisotopic (exact) mass is 212 g/mol. The Kier molecular flexibility index (Phi) is 2.41. The van der Waals surface area contributed by atoms with E-state index in [2.05, 4.69) is 0 Å². The van der Waals surface area contributed by atoms with Crippen molar-refractivity contribution in [1.82, 2.24) is 4.90 Å². The van der Waals surface area contributed by atoms with Crippen molar-refractivity contribution in [2.24, 2.45) is 17.6 Å². The molecule has 2 aliphatic rings. The molecule has 0 bridgehead atoms. The molecule has 2 N–H and O–H groups in total. The van der Waals surface area contributed by atoms with Gasteiger partial charge in [-0.25, -0.2) is 4.79 Å². The number of nitrogens with two attached hydrogens (primary N) is 1. The number of hydrogen-bond donors (Lipinski definition) is 1. The SMILES string of the molecule is CC(C)(C)OC(=O)N1CC[C@@H]2[C@@H](N)[C@@H]2C1. The number of nitrogens with zero attached hydrogens (tertiary/aromatic N) is 1. The zero-order valence-electron chi connectivity index (χ0n) is 9.69. The van der Waals surface area contributed by atoms with Crippen LogP contribution < -0.4 is 5.73 Å². The first-order valence-electron chi connectivity index (χ1n) is 5.62. The molecule has 86 valence electrons. The molecular weight excluding hydrogens is 192 g/mol. The van der Waals surface area contributed by atoms with E-state index in [9.17, 15) is 4.79 Å². The maximum Gasteiger partial charge on any atom is 0.410 e. The number of carbonyl (C=O) groups excluding carboxylic acids is 1. The van der Waals surface area contributed by atoms with Crippen LogP contribution in [-0.4, -0.2) is 35.7 Å². The van der Waals surface area contributed by atoms with Crippen LogP contribution in [0.2, 0.25) is 0 Å². The van der Waals surface area contributed by atoms with Gasteiger partial charge in [0.2, 0.25) is 0 Å². The Hall–Kier alpha value is -0.770. The van der Waals surface area contributed by atoms with Crippen LogP contribution in [0, 0.1) is 11.8 Å². The molecule has 1 aliphatic carbocycles. The van der Waals surface area contributed by atoms with Gasteiger partial charge in [0, 0.05) is 19.1 Å². The molecule has 0 unspecified atom stereocenters. The van der Waals surface area contributed by atoms with Gasteiger partial charge in [0.25, 0.3) is 0 Å². The molecule has 1 amide bonds. The number of ether oxygens (including phenoxy) is 1. The molecule has 15 heavy (non-hydrogen) atoms. The van der Waals surface area contributed by atoms with Crippen molar-refractivity contribution in [3.05, 3.63) is 0 Å².